The van der Waals surface area contributed by atoms with Gasteiger partial charge in [-0.1, -0.05) is 0 Å². The van der Waals surface area contributed by atoms with Crippen molar-refractivity contribution in [1.29, 1.82) is 0 Å². The number of methoxy groups -OCH3 is 2. The first-order chi connectivity index (χ1) is 14.8. The van der Waals surface area contributed by atoms with Crippen molar-refractivity contribution < 1.29 is 32.2 Å². The van der Waals surface area contributed by atoms with E-state index in [0.29, 0.717) is 34.2 Å². The van der Waals surface area contributed by atoms with Crippen LogP contribution in [0.25, 0.3) is 0 Å². The zero-order chi connectivity index (χ0) is 22.2. The number of carbonyl (C=O) groups excluding carboxylic acids is 1. The number of nitrogens with zero attached hydrogens (tertiary/aromatic N) is 2. The highest BCUT2D eigenvalue weighted by atomic mass is 32.2. The first-order valence-electron chi connectivity index (χ1n) is 9.06. The minimum atomic E-state index is -4.11. The molecule has 0 radical (unpaired) electrons. The maximum atomic E-state index is 12.9. The Morgan fingerprint density at radius 1 is 1.06 bits per heavy atom. The molecule has 0 spiro atoms. The summed E-state index contributed by atoms with van der Waals surface area (Å²) in [7, 11) is 0.105. The molecule has 0 saturated heterocycles. The lowest BCUT2D eigenvalue weighted by Crippen LogP contribution is -2.35. The number of hydrogen-bond acceptors (Lipinski definition) is 7. The molecule has 11 heteroatoms. The lowest BCUT2D eigenvalue weighted by molar-refractivity contribution is -0.113. The second-order valence-corrected chi connectivity index (χ2v) is 8.17. The van der Waals surface area contributed by atoms with Gasteiger partial charge in [0, 0.05) is 24.4 Å². The molecule has 31 heavy (non-hydrogen) atoms. The first-order valence-corrected chi connectivity index (χ1v) is 10.5. The van der Waals surface area contributed by atoms with Crippen molar-refractivity contribution in [2.24, 2.45) is 4.40 Å². The number of carbonyl (C=O) groups is 1. The minimum Gasteiger partial charge on any atom is -0.493 e. The Balaban J connectivity index is 1.67. The molecule has 1 amide bonds. The molecule has 0 saturated carbocycles. The van der Waals surface area contributed by atoms with Crippen LogP contribution in [0.5, 0.6) is 23.0 Å². The molecule has 2 aromatic carbocycles. The van der Waals surface area contributed by atoms with Crippen molar-refractivity contribution in [2.75, 3.05) is 33.4 Å². The number of anilines is 1. The van der Waals surface area contributed by atoms with Crippen LogP contribution in [0.2, 0.25) is 0 Å². The van der Waals surface area contributed by atoms with E-state index < -0.39 is 16.1 Å². The quantitative estimate of drug-likeness (QED) is 0.748. The van der Waals surface area contributed by atoms with Crippen LogP contribution in [0.4, 0.5) is 5.69 Å². The molecule has 10 nitrogen and oxygen atoms in total. The maximum Gasteiger partial charge on any atom is 0.345 e. The molecule has 2 heterocycles. The highest BCUT2D eigenvalue weighted by molar-refractivity contribution is 7.88. The first kappa shape index (κ1) is 20.5. The molecule has 4 rings (SSSR count). The molecular formula is C20H19N3O7S. The van der Waals surface area contributed by atoms with Crippen molar-refractivity contribution >= 4 is 27.5 Å². The number of hydrogen-bond donors (Lipinski definition) is 1. The van der Waals surface area contributed by atoms with Gasteiger partial charge in [0.15, 0.2) is 23.0 Å². The molecule has 162 valence electrons. The normalized spacial score (nSPS) is 16.3. The second-order valence-electron chi connectivity index (χ2n) is 6.54. The lowest BCUT2D eigenvalue weighted by Gasteiger charge is -2.24. The predicted molar refractivity (Wildman–Crippen MR) is 112 cm³/mol. The number of rotatable bonds is 5. The van der Waals surface area contributed by atoms with Crippen LogP contribution in [0, 0.1) is 0 Å². The van der Waals surface area contributed by atoms with E-state index in [0.717, 1.165) is 4.31 Å². The summed E-state index contributed by atoms with van der Waals surface area (Å²) >= 11 is 0. The highest BCUT2D eigenvalue weighted by Crippen LogP contribution is 2.34. The van der Waals surface area contributed by atoms with E-state index in [-0.39, 0.29) is 18.2 Å². The summed E-state index contributed by atoms with van der Waals surface area (Å²) < 4.78 is 50.8. The van der Waals surface area contributed by atoms with Gasteiger partial charge in [0.25, 0.3) is 5.91 Å². The largest absolute Gasteiger partial charge is 0.493 e. The molecule has 1 N–H and O–H groups in total. The molecule has 0 aliphatic carbocycles. The molecule has 0 aromatic heterocycles. The van der Waals surface area contributed by atoms with Crippen molar-refractivity contribution in [3.63, 3.8) is 0 Å². The topological polar surface area (TPSA) is 116 Å². The van der Waals surface area contributed by atoms with E-state index in [1.165, 1.54) is 27.3 Å². The third-order valence-corrected chi connectivity index (χ3v) is 6.03. The number of ether oxygens (including phenoxy) is 4. The number of amides is 1. The molecule has 2 aliphatic rings. The smallest absolute Gasteiger partial charge is 0.345 e. The Morgan fingerprint density at radius 3 is 2.55 bits per heavy atom. The molecule has 2 aromatic rings. The number of fused-ring (bicyclic) bond motifs is 1. The van der Waals surface area contributed by atoms with Crippen molar-refractivity contribution in [3.8, 4) is 23.0 Å². The van der Waals surface area contributed by atoms with Crippen LogP contribution in [0.1, 0.15) is 5.56 Å². The standard InChI is InChI=1S/C20H19N3O7S/c1-23-15(20(24)21-13-5-7-17-19(9-13)30-11-29-17)10-14(22-31(23,25)26)12-4-6-16(27-2)18(8-12)28-3/h4-10H,11H2,1-3H3,(H,21,24). The van der Waals surface area contributed by atoms with Gasteiger partial charge in [-0.2, -0.15) is 8.42 Å². The fourth-order valence-corrected chi connectivity index (χ4v) is 3.98. The average Bonchev–Trinajstić information content (AvgIpc) is 3.22. The van der Waals surface area contributed by atoms with Crippen LogP contribution in [-0.4, -0.2) is 52.4 Å². The minimum absolute atomic E-state index is 0.0925. The van der Waals surface area contributed by atoms with Gasteiger partial charge in [-0.3, -0.25) is 4.79 Å². The van der Waals surface area contributed by atoms with Gasteiger partial charge in [0.1, 0.15) is 5.70 Å². The molecule has 0 bridgehead atoms. The maximum absolute atomic E-state index is 12.9. The zero-order valence-electron chi connectivity index (χ0n) is 16.9. The lowest BCUT2D eigenvalue weighted by atomic mass is 10.1. The van der Waals surface area contributed by atoms with Crippen LogP contribution in [0.15, 0.2) is 52.6 Å². The number of likely N-dealkylation sites (N-methyl/N-ethyl adjacent to an activating group) is 1. The molecule has 0 fully saturated rings. The fraction of sp³-hybridized carbons (Fsp3) is 0.200. The average molecular weight is 445 g/mol. The van der Waals surface area contributed by atoms with E-state index in [2.05, 4.69) is 9.71 Å². The summed E-state index contributed by atoms with van der Waals surface area (Å²) in [6.45, 7) is 0.101. The van der Waals surface area contributed by atoms with Crippen LogP contribution in [0.3, 0.4) is 0 Å². The van der Waals surface area contributed by atoms with Gasteiger partial charge in [0.05, 0.1) is 19.9 Å². The van der Waals surface area contributed by atoms with E-state index in [1.54, 1.807) is 36.4 Å². The third-order valence-electron chi connectivity index (χ3n) is 4.71. The van der Waals surface area contributed by atoms with Crippen LogP contribution < -0.4 is 24.3 Å². The SMILES string of the molecule is COc1ccc(C2=NS(=O)(=O)N(C)C(C(=O)Nc3ccc4c(c3)OCO4)=C2)cc1OC. The summed E-state index contributed by atoms with van der Waals surface area (Å²) in [5, 5.41) is 2.67. The second kappa shape index (κ2) is 7.84. The number of nitrogens with one attached hydrogen (secondary N) is 1. The molecule has 2 aliphatic heterocycles. The van der Waals surface area contributed by atoms with Crippen molar-refractivity contribution in [2.45, 2.75) is 0 Å². The highest BCUT2D eigenvalue weighted by Gasteiger charge is 2.30. The number of benzene rings is 2. The van der Waals surface area contributed by atoms with Gasteiger partial charge < -0.3 is 24.3 Å². The monoisotopic (exact) mass is 445 g/mol. The van der Waals surface area contributed by atoms with Gasteiger partial charge in [-0.05, 0) is 36.4 Å². The number of allylic oxidation sites excluding steroid dienone is 1. The Bertz CT molecular complexity index is 1220. The van der Waals surface area contributed by atoms with E-state index >= 15 is 0 Å². The summed E-state index contributed by atoms with van der Waals surface area (Å²) in [6, 6.07) is 9.73. The van der Waals surface area contributed by atoms with E-state index in [1.807, 2.05) is 0 Å². The third kappa shape index (κ3) is 3.87. The summed E-state index contributed by atoms with van der Waals surface area (Å²) in [5.41, 5.74) is 0.867. The summed E-state index contributed by atoms with van der Waals surface area (Å²) in [4.78, 5) is 12.9. The Kier molecular flexibility index (Phi) is 5.19. The Morgan fingerprint density at radius 2 is 1.81 bits per heavy atom. The van der Waals surface area contributed by atoms with Gasteiger partial charge in [0.2, 0.25) is 6.79 Å². The Labute approximate surface area is 178 Å². The van der Waals surface area contributed by atoms with Gasteiger partial charge in [-0.25, -0.2) is 4.31 Å². The van der Waals surface area contributed by atoms with Crippen LogP contribution in [-0.2, 0) is 15.0 Å². The Hall–Kier alpha value is -3.73. The van der Waals surface area contributed by atoms with E-state index in [4.69, 9.17) is 18.9 Å². The van der Waals surface area contributed by atoms with Crippen molar-refractivity contribution in [3.05, 3.63) is 53.7 Å². The van der Waals surface area contributed by atoms with E-state index in [9.17, 15) is 13.2 Å². The molecular weight excluding hydrogens is 426 g/mol. The fourth-order valence-electron chi connectivity index (χ4n) is 3.07. The molecule has 0 atom stereocenters. The zero-order valence-corrected chi connectivity index (χ0v) is 17.7. The van der Waals surface area contributed by atoms with Crippen molar-refractivity contribution in [1.82, 2.24) is 4.31 Å². The van der Waals surface area contributed by atoms with Gasteiger partial charge in [-0.15, -0.1) is 4.40 Å². The van der Waals surface area contributed by atoms with Gasteiger partial charge >= 0.3 is 10.2 Å². The summed E-state index contributed by atoms with van der Waals surface area (Å²) in [6.07, 6.45) is 1.39. The predicted octanol–water partition coefficient (Wildman–Crippen LogP) is 1.93. The summed E-state index contributed by atoms with van der Waals surface area (Å²) in [5.74, 6) is 1.31. The molecule has 0 unspecified atom stereocenters. The van der Waals surface area contributed by atoms with Crippen LogP contribution >= 0.6 is 0 Å².